The zero-order valence-corrected chi connectivity index (χ0v) is 5.93. The predicted molar refractivity (Wildman–Crippen MR) is 36.9 cm³/mol. The SMILES string of the molecule is N=C(CCC(=O)Cl)N=NN. The highest BCUT2D eigenvalue weighted by atomic mass is 35.5. The second-order valence-corrected chi connectivity index (χ2v) is 1.94. The first kappa shape index (κ1) is 9.03. The minimum Gasteiger partial charge on any atom is -0.305 e. The van der Waals surface area contributed by atoms with Gasteiger partial charge >= 0.3 is 0 Å². The molecule has 0 aromatic rings. The number of hydrogen-bond acceptors (Lipinski definition) is 3. The van der Waals surface area contributed by atoms with Gasteiger partial charge in [0.2, 0.25) is 5.24 Å². The summed E-state index contributed by atoms with van der Waals surface area (Å²) in [6.07, 6.45) is 0.280. The summed E-state index contributed by atoms with van der Waals surface area (Å²) in [5.41, 5.74) is 0. The minimum absolute atomic E-state index is 0.0449. The van der Waals surface area contributed by atoms with Crippen LogP contribution >= 0.6 is 11.6 Å². The summed E-state index contributed by atoms with van der Waals surface area (Å²) in [7, 11) is 0. The van der Waals surface area contributed by atoms with E-state index in [1.807, 2.05) is 0 Å². The van der Waals surface area contributed by atoms with Gasteiger partial charge in [-0.25, -0.2) is 0 Å². The zero-order valence-electron chi connectivity index (χ0n) is 5.17. The monoisotopic (exact) mass is 162 g/mol. The molecular weight excluding hydrogens is 156 g/mol. The summed E-state index contributed by atoms with van der Waals surface area (Å²) < 4.78 is 0. The molecule has 0 aromatic heterocycles. The molecular formula is C4H7ClN4O. The molecule has 6 heteroatoms. The lowest BCUT2D eigenvalue weighted by Crippen LogP contribution is -1.95. The molecule has 5 nitrogen and oxygen atoms in total. The minimum atomic E-state index is -0.489. The van der Waals surface area contributed by atoms with Crippen LogP contribution < -0.4 is 5.84 Å². The molecule has 0 spiro atoms. The molecule has 0 aliphatic rings. The molecule has 56 valence electrons. The van der Waals surface area contributed by atoms with Crippen LogP contribution in [0.4, 0.5) is 0 Å². The zero-order chi connectivity index (χ0) is 7.98. The van der Waals surface area contributed by atoms with E-state index in [0.717, 1.165) is 0 Å². The van der Waals surface area contributed by atoms with Gasteiger partial charge in [-0.15, -0.1) is 5.11 Å². The van der Waals surface area contributed by atoms with Gasteiger partial charge in [0, 0.05) is 12.8 Å². The fraction of sp³-hybridized carbons (Fsp3) is 0.500. The molecule has 0 aliphatic heterocycles. The smallest absolute Gasteiger partial charge is 0.222 e. The van der Waals surface area contributed by atoms with Gasteiger partial charge in [-0.3, -0.25) is 10.2 Å². The topological polar surface area (TPSA) is 91.7 Å². The van der Waals surface area contributed by atoms with Crippen LogP contribution in [0.2, 0.25) is 0 Å². The van der Waals surface area contributed by atoms with Crippen molar-refractivity contribution in [2.24, 2.45) is 16.2 Å². The average Bonchev–Trinajstić information content (AvgIpc) is 1.85. The van der Waals surface area contributed by atoms with Gasteiger partial charge in [0.15, 0.2) is 0 Å². The Morgan fingerprint density at radius 1 is 1.60 bits per heavy atom. The number of hydrogen-bond donors (Lipinski definition) is 2. The first-order valence-corrected chi connectivity index (χ1v) is 2.91. The molecule has 0 rings (SSSR count). The first-order chi connectivity index (χ1) is 4.66. The van der Waals surface area contributed by atoms with Gasteiger partial charge in [0.25, 0.3) is 0 Å². The quantitative estimate of drug-likeness (QED) is 0.161. The highest BCUT2D eigenvalue weighted by Crippen LogP contribution is 1.96. The second kappa shape index (κ2) is 4.87. The average molecular weight is 163 g/mol. The Balaban J connectivity index is 3.50. The van der Waals surface area contributed by atoms with E-state index >= 15 is 0 Å². The van der Waals surface area contributed by atoms with Crippen molar-refractivity contribution in [2.45, 2.75) is 12.8 Å². The maximum atomic E-state index is 10.1. The highest BCUT2D eigenvalue weighted by Gasteiger charge is 1.98. The van der Waals surface area contributed by atoms with Gasteiger partial charge in [-0.2, -0.15) is 0 Å². The number of amidine groups is 1. The van der Waals surface area contributed by atoms with Crippen LogP contribution in [0.1, 0.15) is 12.8 Å². The lowest BCUT2D eigenvalue weighted by Gasteiger charge is -1.89. The van der Waals surface area contributed by atoms with Crippen LogP contribution in [0.15, 0.2) is 10.3 Å². The van der Waals surface area contributed by atoms with E-state index in [1.54, 1.807) is 0 Å². The number of halogens is 1. The summed E-state index contributed by atoms with van der Waals surface area (Å²) in [6.45, 7) is 0. The standard InChI is InChI=1S/C4H7ClN4O/c5-3(10)1-2-4(6)8-9-7/h1-2H2,(H3,6,7,8). The van der Waals surface area contributed by atoms with E-state index in [9.17, 15) is 4.79 Å². The number of carbonyl (C=O) groups is 1. The van der Waals surface area contributed by atoms with E-state index in [1.165, 1.54) is 0 Å². The highest BCUT2D eigenvalue weighted by molar-refractivity contribution is 6.63. The molecule has 0 saturated carbocycles. The van der Waals surface area contributed by atoms with Crippen LogP contribution in [0, 0.1) is 5.41 Å². The van der Waals surface area contributed by atoms with Gasteiger partial charge in [0.05, 0.1) is 0 Å². The number of carbonyl (C=O) groups excluding carboxylic acids is 1. The molecule has 0 amide bonds. The first-order valence-electron chi connectivity index (χ1n) is 2.53. The molecule has 10 heavy (non-hydrogen) atoms. The van der Waals surface area contributed by atoms with Crippen molar-refractivity contribution in [2.75, 3.05) is 0 Å². The van der Waals surface area contributed by atoms with Gasteiger partial charge in [-0.1, -0.05) is 5.22 Å². The predicted octanol–water partition coefficient (Wildman–Crippen LogP) is 0.835. The van der Waals surface area contributed by atoms with Gasteiger partial charge in [-0.05, 0) is 11.6 Å². The molecule has 3 N–H and O–H groups in total. The molecule has 0 bridgehead atoms. The fourth-order valence-electron chi connectivity index (χ4n) is 0.336. The summed E-state index contributed by atoms with van der Waals surface area (Å²) in [5.74, 6) is 4.59. The van der Waals surface area contributed by atoms with Crippen LogP contribution in [0.25, 0.3) is 0 Å². The van der Waals surface area contributed by atoms with Gasteiger partial charge < -0.3 is 5.84 Å². The summed E-state index contributed by atoms with van der Waals surface area (Å²) >= 11 is 4.98. The number of rotatable bonds is 3. The Hall–Kier alpha value is -0.970. The largest absolute Gasteiger partial charge is 0.305 e. The fourth-order valence-corrected chi connectivity index (χ4v) is 0.431. The molecule has 0 radical (unpaired) electrons. The van der Waals surface area contributed by atoms with Gasteiger partial charge in [0.1, 0.15) is 5.84 Å². The van der Waals surface area contributed by atoms with Crippen molar-refractivity contribution < 1.29 is 4.79 Å². The van der Waals surface area contributed by atoms with E-state index in [0.29, 0.717) is 0 Å². The Labute approximate surface area is 62.7 Å². The van der Waals surface area contributed by atoms with Crippen molar-refractivity contribution in [1.82, 2.24) is 0 Å². The Bertz CT molecular complexity index is 167. The Morgan fingerprint density at radius 3 is 2.60 bits per heavy atom. The van der Waals surface area contributed by atoms with E-state index in [4.69, 9.17) is 17.0 Å². The molecule has 0 fully saturated rings. The summed E-state index contributed by atoms with van der Waals surface area (Å²) in [5, 5.41) is 12.5. The third-order valence-electron chi connectivity index (χ3n) is 0.737. The van der Waals surface area contributed by atoms with Crippen LogP contribution in [0.5, 0.6) is 0 Å². The lowest BCUT2D eigenvalue weighted by atomic mass is 10.3. The van der Waals surface area contributed by atoms with Crippen LogP contribution in [-0.4, -0.2) is 11.1 Å². The molecule has 0 unspecified atom stereocenters. The van der Waals surface area contributed by atoms with E-state index < -0.39 is 5.24 Å². The molecule has 0 aromatic carbocycles. The maximum Gasteiger partial charge on any atom is 0.222 e. The Morgan fingerprint density at radius 2 is 2.20 bits per heavy atom. The molecule has 0 aliphatic carbocycles. The van der Waals surface area contributed by atoms with E-state index in [2.05, 4.69) is 16.2 Å². The van der Waals surface area contributed by atoms with Crippen molar-refractivity contribution in [3.8, 4) is 0 Å². The third kappa shape index (κ3) is 5.17. The molecule has 0 atom stereocenters. The third-order valence-corrected chi connectivity index (χ3v) is 0.926. The number of nitrogens with one attached hydrogen (secondary N) is 1. The summed E-state index contributed by atoms with van der Waals surface area (Å²) in [4.78, 5) is 10.1. The van der Waals surface area contributed by atoms with Crippen molar-refractivity contribution in [3.63, 3.8) is 0 Å². The molecule has 0 heterocycles. The van der Waals surface area contributed by atoms with Crippen LogP contribution in [-0.2, 0) is 4.79 Å². The van der Waals surface area contributed by atoms with Crippen molar-refractivity contribution in [1.29, 1.82) is 5.41 Å². The normalized spacial score (nSPS) is 10.1. The van der Waals surface area contributed by atoms with Crippen molar-refractivity contribution >= 4 is 22.7 Å². The molecule has 0 saturated heterocycles. The Kier molecular flexibility index (Phi) is 4.39. The maximum absolute atomic E-state index is 10.1. The lowest BCUT2D eigenvalue weighted by molar-refractivity contribution is -0.111. The summed E-state index contributed by atoms with van der Waals surface area (Å²) in [6, 6.07) is 0. The number of nitrogens with zero attached hydrogens (tertiary/aromatic N) is 2. The van der Waals surface area contributed by atoms with Crippen LogP contribution in [0.3, 0.4) is 0 Å². The second-order valence-electron chi connectivity index (χ2n) is 1.52. The number of nitrogens with two attached hydrogens (primary N) is 1. The van der Waals surface area contributed by atoms with E-state index in [-0.39, 0.29) is 18.7 Å². The van der Waals surface area contributed by atoms with Crippen molar-refractivity contribution in [3.05, 3.63) is 0 Å².